The van der Waals surface area contributed by atoms with Gasteiger partial charge in [0.25, 0.3) is 5.91 Å². The molecule has 1 aliphatic carbocycles. The van der Waals surface area contributed by atoms with Gasteiger partial charge in [-0.15, -0.1) is 11.3 Å². The highest BCUT2D eigenvalue weighted by Crippen LogP contribution is 2.32. The molecule has 1 aromatic carbocycles. The number of nitrogens with one attached hydrogen (secondary N) is 1. The molecule has 2 aromatic rings. The fourth-order valence-electron chi connectivity index (χ4n) is 3.64. The first kappa shape index (κ1) is 18.5. The lowest BCUT2D eigenvalue weighted by atomic mass is 9.99. The molecule has 144 valence electrons. The molecule has 0 atom stereocenters. The first-order chi connectivity index (χ1) is 12.9. The molecule has 0 radical (unpaired) electrons. The molecule has 6 nitrogen and oxygen atoms in total. The van der Waals surface area contributed by atoms with Gasteiger partial charge >= 0.3 is 0 Å². The summed E-state index contributed by atoms with van der Waals surface area (Å²) in [7, 11) is -3.61. The van der Waals surface area contributed by atoms with E-state index in [4.69, 9.17) is 0 Å². The first-order valence-corrected chi connectivity index (χ1v) is 11.5. The van der Waals surface area contributed by atoms with Crippen molar-refractivity contribution in [3.05, 3.63) is 39.6 Å². The molecule has 1 aromatic heterocycles. The van der Waals surface area contributed by atoms with E-state index in [1.54, 1.807) is 0 Å². The van der Waals surface area contributed by atoms with E-state index in [1.807, 2.05) is 6.07 Å². The Morgan fingerprint density at radius 2 is 1.81 bits per heavy atom. The SMILES string of the molecule is O=C(Nc1cc(S(=O)(=O)N2CCCC2)ccc1O)c1cc2c(s1)CCCC2. The van der Waals surface area contributed by atoms with E-state index in [1.165, 1.54) is 44.3 Å². The molecule has 1 aliphatic heterocycles. The Kier molecular flexibility index (Phi) is 4.96. The molecular weight excluding hydrogens is 384 g/mol. The Bertz CT molecular complexity index is 952. The van der Waals surface area contributed by atoms with Crippen molar-refractivity contribution in [2.45, 2.75) is 43.4 Å². The Morgan fingerprint density at radius 1 is 1.07 bits per heavy atom. The average molecular weight is 407 g/mol. The topological polar surface area (TPSA) is 86.7 Å². The van der Waals surface area contributed by atoms with Crippen LogP contribution in [0.15, 0.2) is 29.2 Å². The van der Waals surface area contributed by atoms with Gasteiger partial charge in [0.15, 0.2) is 0 Å². The Labute approximate surface area is 162 Å². The van der Waals surface area contributed by atoms with Crippen molar-refractivity contribution in [1.82, 2.24) is 4.31 Å². The van der Waals surface area contributed by atoms with Gasteiger partial charge in [-0.3, -0.25) is 4.79 Å². The maximum atomic E-state index is 12.7. The number of aromatic hydroxyl groups is 1. The number of anilines is 1. The van der Waals surface area contributed by atoms with Crippen LogP contribution in [-0.4, -0.2) is 36.8 Å². The fraction of sp³-hybridized carbons (Fsp3) is 0.421. The number of benzene rings is 1. The number of hydrogen-bond donors (Lipinski definition) is 2. The summed E-state index contributed by atoms with van der Waals surface area (Å²) in [5.41, 5.74) is 1.35. The minimum atomic E-state index is -3.61. The number of carbonyl (C=O) groups excluding carboxylic acids is 1. The molecule has 1 fully saturated rings. The molecule has 1 amide bonds. The van der Waals surface area contributed by atoms with Gasteiger partial charge in [0.1, 0.15) is 5.75 Å². The van der Waals surface area contributed by atoms with Gasteiger partial charge < -0.3 is 10.4 Å². The highest BCUT2D eigenvalue weighted by molar-refractivity contribution is 7.89. The van der Waals surface area contributed by atoms with E-state index < -0.39 is 10.0 Å². The zero-order chi connectivity index (χ0) is 19.0. The lowest BCUT2D eigenvalue weighted by Crippen LogP contribution is -2.27. The molecule has 0 spiro atoms. The van der Waals surface area contributed by atoms with Crippen LogP contribution in [0.3, 0.4) is 0 Å². The Morgan fingerprint density at radius 3 is 2.56 bits per heavy atom. The predicted molar refractivity (Wildman–Crippen MR) is 105 cm³/mol. The van der Waals surface area contributed by atoms with E-state index >= 15 is 0 Å². The zero-order valence-electron chi connectivity index (χ0n) is 14.9. The summed E-state index contributed by atoms with van der Waals surface area (Å²) in [4.78, 5) is 14.6. The number of carbonyl (C=O) groups is 1. The maximum absolute atomic E-state index is 12.7. The number of rotatable bonds is 4. The molecule has 2 aliphatic rings. The molecule has 1 saturated heterocycles. The molecule has 0 saturated carbocycles. The number of phenols is 1. The third kappa shape index (κ3) is 3.61. The standard InChI is InChI=1S/C19H22N2O4S2/c22-16-8-7-14(27(24,25)21-9-3-4-10-21)12-15(16)20-19(23)18-11-13-5-1-2-6-17(13)26-18/h7-8,11-12,22H,1-6,9-10H2,(H,20,23). The number of sulfonamides is 1. The lowest BCUT2D eigenvalue weighted by molar-refractivity contribution is 0.103. The minimum absolute atomic E-state index is 0.0861. The molecule has 2 heterocycles. The molecule has 2 N–H and O–H groups in total. The van der Waals surface area contributed by atoms with Crippen molar-refractivity contribution < 1.29 is 18.3 Å². The number of thiophene rings is 1. The smallest absolute Gasteiger partial charge is 0.265 e. The van der Waals surface area contributed by atoms with E-state index in [9.17, 15) is 18.3 Å². The van der Waals surface area contributed by atoms with E-state index in [0.717, 1.165) is 38.5 Å². The van der Waals surface area contributed by atoms with Crippen LogP contribution in [0, 0.1) is 0 Å². The quantitative estimate of drug-likeness (QED) is 0.762. The van der Waals surface area contributed by atoms with Gasteiger partial charge in [0.05, 0.1) is 15.5 Å². The van der Waals surface area contributed by atoms with Crippen molar-refractivity contribution in [2.75, 3.05) is 18.4 Å². The van der Waals surface area contributed by atoms with Crippen LogP contribution in [0.2, 0.25) is 0 Å². The minimum Gasteiger partial charge on any atom is -0.506 e. The molecule has 4 rings (SSSR count). The number of aryl methyl sites for hydroxylation is 2. The highest BCUT2D eigenvalue weighted by Gasteiger charge is 2.28. The van der Waals surface area contributed by atoms with Crippen LogP contribution >= 0.6 is 11.3 Å². The molecule has 0 unspecified atom stereocenters. The summed E-state index contributed by atoms with van der Waals surface area (Å²) in [5, 5.41) is 12.8. The van der Waals surface area contributed by atoms with Gasteiger partial charge in [-0.1, -0.05) is 0 Å². The van der Waals surface area contributed by atoms with Gasteiger partial charge in [-0.05, 0) is 68.4 Å². The second-order valence-electron chi connectivity index (χ2n) is 7.01. The molecular formula is C19H22N2O4S2. The number of hydrogen-bond acceptors (Lipinski definition) is 5. The zero-order valence-corrected chi connectivity index (χ0v) is 16.5. The van der Waals surface area contributed by atoms with Gasteiger partial charge in [-0.2, -0.15) is 4.31 Å². The number of amides is 1. The lowest BCUT2D eigenvalue weighted by Gasteiger charge is -2.16. The largest absolute Gasteiger partial charge is 0.506 e. The summed E-state index contributed by atoms with van der Waals surface area (Å²) < 4.78 is 26.9. The average Bonchev–Trinajstić information content (AvgIpc) is 3.33. The van der Waals surface area contributed by atoms with Crippen molar-refractivity contribution in [3.8, 4) is 5.75 Å². The van der Waals surface area contributed by atoms with E-state index in [0.29, 0.717) is 18.0 Å². The normalized spacial score (nSPS) is 17.6. The third-order valence-corrected chi connectivity index (χ3v) is 8.27. The van der Waals surface area contributed by atoms with E-state index in [-0.39, 0.29) is 22.2 Å². The van der Waals surface area contributed by atoms with Gasteiger partial charge in [-0.25, -0.2) is 8.42 Å². The summed E-state index contributed by atoms with van der Waals surface area (Å²) in [6.07, 6.45) is 5.98. The van der Waals surface area contributed by atoms with Crippen molar-refractivity contribution in [1.29, 1.82) is 0 Å². The number of nitrogens with zero attached hydrogens (tertiary/aromatic N) is 1. The van der Waals surface area contributed by atoms with Crippen molar-refractivity contribution >= 4 is 33.0 Å². The fourth-order valence-corrected chi connectivity index (χ4v) is 6.33. The van der Waals surface area contributed by atoms with Crippen molar-refractivity contribution in [2.24, 2.45) is 0 Å². The van der Waals surface area contributed by atoms with E-state index in [2.05, 4.69) is 5.32 Å². The first-order valence-electron chi connectivity index (χ1n) is 9.21. The van der Waals surface area contributed by atoms with Crippen LogP contribution in [0.1, 0.15) is 45.8 Å². The second-order valence-corrected chi connectivity index (χ2v) is 10.1. The summed E-state index contributed by atoms with van der Waals surface area (Å²) in [6, 6.07) is 5.95. The van der Waals surface area contributed by atoms with Crippen LogP contribution < -0.4 is 5.32 Å². The van der Waals surface area contributed by atoms with Crippen LogP contribution in [0.25, 0.3) is 0 Å². The molecule has 27 heavy (non-hydrogen) atoms. The maximum Gasteiger partial charge on any atom is 0.265 e. The van der Waals surface area contributed by atoms with Crippen LogP contribution in [-0.2, 0) is 22.9 Å². The molecule has 8 heteroatoms. The number of fused-ring (bicyclic) bond motifs is 1. The van der Waals surface area contributed by atoms with Crippen LogP contribution in [0.4, 0.5) is 5.69 Å². The van der Waals surface area contributed by atoms with Crippen LogP contribution in [0.5, 0.6) is 5.75 Å². The molecule has 0 bridgehead atoms. The number of phenolic OH excluding ortho intramolecular Hbond substituents is 1. The second kappa shape index (κ2) is 7.26. The Balaban J connectivity index is 1.58. The summed E-state index contributed by atoms with van der Waals surface area (Å²) in [6.45, 7) is 1.01. The van der Waals surface area contributed by atoms with Gasteiger partial charge in [0.2, 0.25) is 10.0 Å². The Hall–Kier alpha value is -1.90. The summed E-state index contributed by atoms with van der Waals surface area (Å²) >= 11 is 1.48. The third-order valence-electron chi connectivity index (χ3n) is 5.14. The van der Waals surface area contributed by atoms with Crippen molar-refractivity contribution in [3.63, 3.8) is 0 Å². The predicted octanol–water partition coefficient (Wildman–Crippen LogP) is 3.37. The summed E-state index contributed by atoms with van der Waals surface area (Å²) in [5.74, 6) is -0.467. The van der Waals surface area contributed by atoms with Gasteiger partial charge in [0, 0.05) is 18.0 Å². The highest BCUT2D eigenvalue weighted by atomic mass is 32.2. The monoisotopic (exact) mass is 406 g/mol.